The summed E-state index contributed by atoms with van der Waals surface area (Å²) in [5.41, 5.74) is -1.05. The molecule has 1 rings (SSSR count). The van der Waals surface area contributed by atoms with Crippen LogP contribution in [0.4, 0.5) is 0 Å². The zero-order valence-electron chi connectivity index (χ0n) is 12.9. The molecule has 0 amide bonds. The Morgan fingerprint density at radius 2 is 1.89 bits per heavy atom. The van der Waals surface area contributed by atoms with Crippen LogP contribution in [0, 0.1) is 5.41 Å². The molecule has 1 aliphatic rings. The van der Waals surface area contributed by atoms with Crippen LogP contribution in [-0.2, 0) is 14.3 Å². The van der Waals surface area contributed by atoms with Gasteiger partial charge in [-0.2, -0.15) is 0 Å². The van der Waals surface area contributed by atoms with Crippen molar-refractivity contribution >= 4 is 11.8 Å². The van der Waals surface area contributed by atoms with Gasteiger partial charge >= 0.3 is 5.97 Å². The van der Waals surface area contributed by atoms with Gasteiger partial charge < -0.3 is 4.74 Å². The third kappa shape index (κ3) is 3.56. The fraction of sp³-hybridized carbons (Fsp3) is 0.867. The number of carbonyl (C=O) groups is 2. The molecule has 1 aliphatic heterocycles. The van der Waals surface area contributed by atoms with Gasteiger partial charge in [-0.05, 0) is 47.0 Å². The molecule has 0 aromatic heterocycles. The highest BCUT2D eigenvalue weighted by molar-refractivity contribution is 6.03. The van der Waals surface area contributed by atoms with E-state index in [0.29, 0.717) is 25.2 Å². The van der Waals surface area contributed by atoms with E-state index in [4.69, 9.17) is 4.74 Å². The summed E-state index contributed by atoms with van der Waals surface area (Å²) in [7, 11) is 0. The summed E-state index contributed by atoms with van der Waals surface area (Å²) in [6, 6.07) is 0.892. The van der Waals surface area contributed by atoms with Crippen LogP contribution in [-0.4, -0.2) is 41.9 Å². The van der Waals surface area contributed by atoms with Crippen molar-refractivity contribution in [2.75, 3.05) is 13.2 Å². The van der Waals surface area contributed by atoms with Crippen molar-refractivity contribution in [1.82, 2.24) is 4.90 Å². The van der Waals surface area contributed by atoms with Crippen LogP contribution in [0.25, 0.3) is 0 Å². The molecule has 110 valence electrons. The van der Waals surface area contributed by atoms with Crippen LogP contribution in [0.1, 0.15) is 53.9 Å². The molecule has 2 atom stereocenters. The number of rotatable bonds is 6. The number of nitrogens with zero attached hydrogens (tertiary/aromatic N) is 1. The highest BCUT2D eigenvalue weighted by atomic mass is 16.5. The van der Waals surface area contributed by atoms with Gasteiger partial charge in [-0.3, -0.25) is 14.5 Å². The minimum atomic E-state index is -1.05. The van der Waals surface area contributed by atoms with Crippen molar-refractivity contribution in [2.45, 2.75) is 66.0 Å². The number of ether oxygens (including phenoxy) is 1. The maximum absolute atomic E-state index is 12.4. The fourth-order valence-corrected chi connectivity index (χ4v) is 2.64. The molecule has 2 unspecified atom stereocenters. The Balaban J connectivity index is 2.70. The van der Waals surface area contributed by atoms with Gasteiger partial charge in [0.05, 0.1) is 13.2 Å². The van der Waals surface area contributed by atoms with Crippen LogP contribution in [0.3, 0.4) is 0 Å². The Labute approximate surface area is 116 Å². The molecule has 0 aromatic rings. The smallest absolute Gasteiger partial charge is 0.319 e. The van der Waals surface area contributed by atoms with E-state index in [9.17, 15) is 9.59 Å². The van der Waals surface area contributed by atoms with E-state index in [1.54, 1.807) is 20.8 Å². The van der Waals surface area contributed by atoms with Gasteiger partial charge in [-0.25, -0.2) is 0 Å². The van der Waals surface area contributed by atoms with Gasteiger partial charge in [0.1, 0.15) is 5.41 Å². The second-order valence-corrected chi connectivity index (χ2v) is 5.93. The molecule has 4 nitrogen and oxygen atoms in total. The van der Waals surface area contributed by atoms with E-state index in [0.717, 1.165) is 19.3 Å². The normalized spacial score (nSPS) is 24.5. The maximum atomic E-state index is 12.4. The molecule has 0 spiro atoms. The molecule has 1 heterocycles. The molecular formula is C15H27NO3. The predicted octanol–water partition coefficient (Wildman–Crippen LogP) is 2.41. The van der Waals surface area contributed by atoms with Gasteiger partial charge in [0.15, 0.2) is 5.78 Å². The molecule has 0 saturated carbocycles. The van der Waals surface area contributed by atoms with E-state index < -0.39 is 11.4 Å². The van der Waals surface area contributed by atoms with Crippen molar-refractivity contribution in [1.29, 1.82) is 0 Å². The third-order valence-corrected chi connectivity index (χ3v) is 4.23. The molecule has 19 heavy (non-hydrogen) atoms. The molecule has 1 saturated heterocycles. The summed E-state index contributed by atoms with van der Waals surface area (Å²) in [5.74, 6) is -0.460. The van der Waals surface area contributed by atoms with E-state index in [2.05, 4.69) is 18.7 Å². The number of carbonyl (C=O) groups excluding carboxylic acids is 2. The number of ketones is 1. The van der Waals surface area contributed by atoms with Crippen LogP contribution < -0.4 is 0 Å². The standard InChI is InChI=1S/C15H27NO3/c1-6-12-9-8-11(3)16(12)10-13(17)15(4,5)14(18)19-7-2/h11-12H,6-10H2,1-5H3. The first kappa shape index (κ1) is 16.2. The van der Waals surface area contributed by atoms with Gasteiger partial charge in [-0.15, -0.1) is 0 Å². The van der Waals surface area contributed by atoms with Crippen molar-refractivity contribution in [3.8, 4) is 0 Å². The summed E-state index contributed by atoms with van der Waals surface area (Å²) >= 11 is 0. The Bertz CT molecular complexity index is 338. The highest BCUT2D eigenvalue weighted by Gasteiger charge is 2.40. The fourth-order valence-electron chi connectivity index (χ4n) is 2.64. The van der Waals surface area contributed by atoms with Crippen molar-refractivity contribution in [3.63, 3.8) is 0 Å². The summed E-state index contributed by atoms with van der Waals surface area (Å²) in [4.78, 5) is 26.5. The van der Waals surface area contributed by atoms with E-state index in [1.165, 1.54) is 0 Å². The van der Waals surface area contributed by atoms with Gasteiger partial charge in [-0.1, -0.05) is 6.92 Å². The molecule has 4 heteroatoms. The zero-order chi connectivity index (χ0) is 14.6. The third-order valence-electron chi connectivity index (χ3n) is 4.23. The van der Waals surface area contributed by atoms with Crippen LogP contribution in [0.15, 0.2) is 0 Å². The zero-order valence-corrected chi connectivity index (χ0v) is 12.9. The van der Waals surface area contributed by atoms with Crippen molar-refractivity contribution < 1.29 is 14.3 Å². The minimum absolute atomic E-state index is 0.0434. The monoisotopic (exact) mass is 269 g/mol. The van der Waals surface area contributed by atoms with Crippen LogP contribution in [0.2, 0.25) is 0 Å². The quantitative estimate of drug-likeness (QED) is 0.549. The van der Waals surface area contributed by atoms with E-state index >= 15 is 0 Å². The predicted molar refractivity (Wildman–Crippen MR) is 74.9 cm³/mol. The lowest BCUT2D eigenvalue weighted by Crippen LogP contribution is -2.45. The molecule has 0 aromatic carbocycles. The number of hydrogen-bond donors (Lipinski definition) is 0. The Morgan fingerprint density at radius 3 is 2.42 bits per heavy atom. The summed E-state index contributed by atoms with van der Waals surface area (Å²) in [5, 5.41) is 0. The Hall–Kier alpha value is -0.900. The first-order chi connectivity index (χ1) is 8.84. The number of hydrogen-bond acceptors (Lipinski definition) is 4. The molecule has 0 aliphatic carbocycles. The highest BCUT2D eigenvalue weighted by Crippen LogP contribution is 2.28. The van der Waals surface area contributed by atoms with Crippen LogP contribution >= 0.6 is 0 Å². The first-order valence-corrected chi connectivity index (χ1v) is 7.30. The van der Waals surface area contributed by atoms with Gasteiger partial charge in [0.2, 0.25) is 0 Å². The second-order valence-electron chi connectivity index (χ2n) is 5.93. The molecule has 0 radical (unpaired) electrons. The van der Waals surface area contributed by atoms with Crippen molar-refractivity contribution in [2.24, 2.45) is 5.41 Å². The molecule has 0 bridgehead atoms. The average Bonchev–Trinajstić information content (AvgIpc) is 2.70. The minimum Gasteiger partial charge on any atom is -0.465 e. The van der Waals surface area contributed by atoms with Gasteiger partial charge in [0, 0.05) is 12.1 Å². The molecular weight excluding hydrogens is 242 g/mol. The average molecular weight is 269 g/mol. The SMILES string of the molecule is CCOC(=O)C(C)(C)C(=O)CN1C(C)CCC1CC. The lowest BCUT2D eigenvalue weighted by molar-refractivity contribution is -0.158. The Morgan fingerprint density at radius 1 is 1.26 bits per heavy atom. The van der Waals surface area contributed by atoms with E-state index in [1.807, 2.05) is 0 Å². The van der Waals surface area contributed by atoms with Crippen molar-refractivity contribution in [3.05, 3.63) is 0 Å². The molecule has 1 fully saturated rings. The topological polar surface area (TPSA) is 46.6 Å². The van der Waals surface area contributed by atoms with Crippen LogP contribution in [0.5, 0.6) is 0 Å². The number of likely N-dealkylation sites (tertiary alicyclic amines) is 1. The van der Waals surface area contributed by atoms with Gasteiger partial charge in [0.25, 0.3) is 0 Å². The number of esters is 1. The number of Topliss-reactive ketones (excluding diaryl/α,β-unsaturated/α-hetero) is 1. The maximum Gasteiger partial charge on any atom is 0.319 e. The lowest BCUT2D eigenvalue weighted by Gasteiger charge is -2.30. The summed E-state index contributed by atoms with van der Waals surface area (Å²) in [6.07, 6.45) is 3.33. The Kier molecular flexibility index (Phi) is 5.53. The second kappa shape index (κ2) is 6.51. The lowest BCUT2D eigenvalue weighted by atomic mass is 9.87. The first-order valence-electron chi connectivity index (χ1n) is 7.30. The molecule has 0 N–H and O–H groups in total. The summed E-state index contributed by atoms with van der Waals surface area (Å²) < 4.78 is 4.99. The summed E-state index contributed by atoms with van der Waals surface area (Å²) in [6.45, 7) is 10.0. The largest absolute Gasteiger partial charge is 0.465 e. The van der Waals surface area contributed by atoms with E-state index in [-0.39, 0.29) is 5.78 Å².